The highest BCUT2D eigenvalue weighted by atomic mass is 32.2. The summed E-state index contributed by atoms with van der Waals surface area (Å²) in [7, 11) is 0. The molecule has 0 aliphatic heterocycles. The van der Waals surface area contributed by atoms with Crippen molar-refractivity contribution >= 4 is 17.7 Å². The van der Waals surface area contributed by atoms with Gasteiger partial charge >= 0.3 is 0 Å². The lowest BCUT2D eigenvalue weighted by molar-refractivity contribution is -0.121. The van der Waals surface area contributed by atoms with Crippen LogP contribution in [0.2, 0.25) is 0 Å². The summed E-state index contributed by atoms with van der Waals surface area (Å²) in [5.41, 5.74) is 0.903. The van der Waals surface area contributed by atoms with Gasteiger partial charge in [-0.1, -0.05) is 24.4 Å². The van der Waals surface area contributed by atoms with E-state index in [1.54, 1.807) is 11.8 Å². The van der Waals surface area contributed by atoms with Gasteiger partial charge < -0.3 is 9.84 Å². The lowest BCUT2D eigenvalue weighted by Gasteiger charge is -2.24. The molecular weight excluding hydrogens is 260 g/mol. The van der Waals surface area contributed by atoms with E-state index in [2.05, 4.69) is 10.5 Å². The molecule has 1 aliphatic carbocycles. The molecule has 1 atom stereocenters. The summed E-state index contributed by atoms with van der Waals surface area (Å²) < 4.78 is 5.01. The van der Waals surface area contributed by atoms with Crippen molar-refractivity contribution in [1.82, 2.24) is 10.5 Å². The van der Waals surface area contributed by atoms with Crippen molar-refractivity contribution in [2.75, 3.05) is 0 Å². The minimum atomic E-state index is -0.0427. The van der Waals surface area contributed by atoms with Crippen molar-refractivity contribution in [3.05, 3.63) is 17.5 Å². The maximum Gasteiger partial charge on any atom is 0.233 e. The van der Waals surface area contributed by atoms with Gasteiger partial charge in [-0.25, -0.2) is 0 Å². The fraction of sp³-hybridized carbons (Fsp3) is 0.714. The quantitative estimate of drug-likeness (QED) is 0.902. The monoisotopic (exact) mass is 282 g/mol. The molecule has 19 heavy (non-hydrogen) atoms. The minimum Gasteiger partial charge on any atom is -0.361 e. The molecule has 1 heterocycles. The van der Waals surface area contributed by atoms with Gasteiger partial charge in [-0.3, -0.25) is 4.79 Å². The van der Waals surface area contributed by atoms with Gasteiger partial charge in [0, 0.05) is 17.9 Å². The van der Waals surface area contributed by atoms with Gasteiger partial charge in [0.1, 0.15) is 5.76 Å². The third-order valence-electron chi connectivity index (χ3n) is 3.48. The predicted octanol–water partition coefficient (Wildman–Crippen LogP) is 3.05. The molecule has 4 nitrogen and oxygen atoms in total. The number of carbonyl (C=O) groups excluding carboxylic acids is 1. The number of carbonyl (C=O) groups is 1. The number of hydrogen-bond acceptors (Lipinski definition) is 4. The maximum absolute atomic E-state index is 12.1. The molecule has 0 bridgehead atoms. The van der Waals surface area contributed by atoms with Gasteiger partial charge in [-0.05, 0) is 26.7 Å². The first kappa shape index (κ1) is 14.4. The van der Waals surface area contributed by atoms with Crippen molar-refractivity contribution in [3.63, 3.8) is 0 Å². The highest BCUT2D eigenvalue weighted by Crippen LogP contribution is 2.20. The zero-order chi connectivity index (χ0) is 13.7. The molecule has 0 spiro atoms. The number of amides is 1. The summed E-state index contributed by atoms with van der Waals surface area (Å²) in [4.78, 5) is 12.1. The SMILES string of the molecule is Cc1cc(CSC(C)C(=O)NC2CCCCC2)no1. The van der Waals surface area contributed by atoms with Crippen LogP contribution in [0, 0.1) is 6.92 Å². The molecule has 0 saturated heterocycles. The van der Waals surface area contributed by atoms with E-state index in [4.69, 9.17) is 4.52 Å². The Bertz CT molecular complexity index is 413. The van der Waals surface area contributed by atoms with Crippen LogP contribution in [0.3, 0.4) is 0 Å². The molecule has 1 N–H and O–H groups in total. The maximum atomic E-state index is 12.1. The second-order valence-corrected chi connectivity index (χ2v) is 6.55. The van der Waals surface area contributed by atoms with Crippen LogP contribution in [-0.2, 0) is 10.5 Å². The predicted molar refractivity (Wildman–Crippen MR) is 77.0 cm³/mol. The molecule has 1 aliphatic rings. The van der Waals surface area contributed by atoms with Crippen molar-refractivity contribution in [2.24, 2.45) is 0 Å². The standard InChI is InChI=1S/C14H22N2O2S/c1-10-8-13(16-18-10)9-19-11(2)14(17)15-12-6-4-3-5-7-12/h8,11-12H,3-7,9H2,1-2H3,(H,15,17). The molecular formula is C14H22N2O2S. The number of nitrogens with zero attached hydrogens (tertiary/aromatic N) is 1. The van der Waals surface area contributed by atoms with Gasteiger partial charge in [0.05, 0.1) is 10.9 Å². The van der Waals surface area contributed by atoms with Crippen LogP contribution < -0.4 is 5.32 Å². The molecule has 2 rings (SSSR count). The molecule has 1 aromatic rings. The number of aryl methyl sites for hydroxylation is 1. The number of hydrogen-bond donors (Lipinski definition) is 1. The topological polar surface area (TPSA) is 55.1 Å². The van der Waals surface area contributed by atoms with E-state index in [1.165, 1.54) is 19.3 Å². The summed E-state index contributed by atoms with van der Waals surface area (Å²) >= 11 is 1.60. The molecule has 1 fully saturated rings. The van der Waals surface area contributed by atoms with Crippen LogP contribution in [-0.4, -0.2) is 22.4 Å². The lowest BCUT2D eigenvalue weighted by Crippen LogP contribution is -2.40. The van der Waals surface area contributed by atoms with E-state index < -0.39 is 0 Å². The van der Waals surface area contributed by atoms with Crippen LogP contribution in [0.5, 0.6) is 0 Å². The van der Waals surface area contributed by atoms with E-state index >= 15 is 0 Å². The van der Waals surface area contributed by atoms with Crippen molar-refractivity contribution in [1.29, 1.82) is 0 Å². The molecule has 1 unspecified atom stereocenters. The Morgan fingerprint density at radius 2 is 2.26 bits per heavy atom. The number of rotatable bonds is 5. The summed E-state index contributed by atoms with van der Waals surface area (Å²) in [6.07, 6.45) is 6.05. The van der Waals surface area contributed by atoms with Gasteiger partial charge in [0.2, 0.25) is 5.91 Å². The Kier molecular flexibility index (Phi) is 5.31. The van der Waals surface area contributed by atoms with E-state index in [-0.39, 0.29) is 11.2 Å². The Labute approximate surface area is 118 Å². The zero-order valence-corrected chi connectivity index (χ0v) is 12.5. The van der Waals surface area contributed by atoms with Gasteiger partial charge in [-0.2, -0.15) is 0 Å². The third kappa shape index (κ3) is 4.56. The Morgan fingerprint density at radius 1 is 1.53 bits per heavy atom. The first-order chi connectivity index (χ1) is 9.15. The smallest absolute Gasteiger partial charge is 0.233 e. The largest absolute Gasteiger partial charge is 0.361 e. The van der Waals surface area contributed by atoms with Crippen molar-refractivity contribution in [3.8, 4) is 0 Å². The number of nitrogens with one attached hydrogen (secondary N) is 1. The summed E-state index contributed by atoms with van der Waals surface area (Å²) in [5.74, 6) is 1.68. The first-order valence-electron chi connectivity index (χ1n) is 6.99. The van der Waals surface area contributed by atoms with Crippen LogP contribution in [0.25, 0.3) is 0 Å². The lowest BCUT2D eigenvalue weighted by atomic mass is 9.95. The summed E-state index contributed by atoms with van der Waals surface area (Å²) in [6.45, 7) is 3.83. The Hall–Kier alpha value is -0.970. The average Bonchev–Trinajstić information content (AvgIpc) is 2.83. The number of aromatic nitrogens is 1. The van der Waals surface area contributed by atoms with Gasteiger partial charge in [0.15, 0.2) is 0 Å². The molecule has 0 aromatic carbocycles. The normalized spacial score (nSPS) is 18.2. The fourth-order valence-corrected chi connectivity index (χ4v) is 3.11. The highest BCUT2D eigenvalue weighted by Gasteiger charge is 2.20. The molecule has 1 amide bonds. The second-order valence-electron chi connectivity index (χ2n) is 5.23. The summed E-state index contributed by atoms with van der Waals surface area (Å²) in [6, 6.07) is 2.30. The Balaban J connectivity index is 1.72. The van der Waals surface area contributed by atoms with E-state index in [9.17, 15) is 4.79 Å². The minimum absolute atomic E-state index is 0.0427. The van der Waals surface area contributed by atoms with Crippen LogP contribution >= 0.6 is 11.8 Å². The van der Waals surface area contributed by atoms with Gasteiger partial charge in [-0.15, -0.1) is 11.8 Å². The third-order valence-corrected chi connectivity index (χ3v) is 4.66. The van der Waals surface area contributed by atoms with Crippen LogP contribution in [0.4, 0.5) is 0 Å². The number of thioether (sulfide) groups is 1. The fourth-order valence-electron chi connectivity index (χ4n) is 2.34. The summed E-state index contributed by atoms with van der Waals surface area (Å²) in [5, 5.41) is 7.05. The average molecular weight is 282 g/mol. The molecule has 0 radical (unpaired) electrons. The van der Waals surface area contributed by atoms with Gasteiger partial charge in [0.25, 0.3) is 0 Å². The van der Waals surface area contributed by atoms with Crippen LogP contribution in [0.1, 0.15) is 50.5 Å². The highest BCUT2D eigenvalue weighted by molar-refractivity contribution is 7.99. The molecule has 1 saturated carbocycles. The van der Waals surface area contributed by atoms with E-state index in [1.807, 2.05) is 19.9 Å². The Morgan fingerprint density at radius 3 is 2.89 bits per heavy atom. The van der Waals surface area contributed by atoms with E-state index in [0.29, 0.717) is 6.04 Å². The molecule has 1 aromatic heterocycles. The molecule has 5 heteroatoms. The first-order valence-corrected chi connectivity index (χ1v) is 8.04. The van der Waals surface area contributed by atoms with E-state index in [0.717, 1.165) is 30.0 Å². The zero-order valence-electron chi connectivity index (χ0n) is 11.6. The molecule has 106 valence electrons. The second kappa shape index (κ2) is 6.98. The van der Waals surface area contributed by atoms with Crippen molar-refractivity contribution in [2.45, 2.75) is 63.0 Å². The van der Waals surface area contributed by atoms with Crippen LogP contribution in [0.15, 0.2) is 10.6 Å². The van der Waals surface area contributed by atoms with Crippen molar-refractivity contribution < 1.29 is 9.32 Å².